The van der Waals surface area contributed by atoms with E-state index < -0.39 is 95.4 Å². The fraction of sp³-hybridized carbons (Fsp3) is 0.417. The number of anilines is 1. The molecule has 0 fully saturated rings. The van der Waals surface area contributed by atoms with E-state index in [1.54, 1.807) is 18.2 Å². The molecule has 5 rings (SSSR count). The number of aliphatic carboxylic acids is 1. The molecule has 0 radical (unpaired) electrons. The van der Waals surface area contributed by atoms with E-state index in [0.717, 1.165) is 10.5 Å². The van der Waals surface area contributed by atoms with Gasteiger partial charge in [-0.3, -0.25) is 19.2 Å². The molecule has 4 aromatic rings. The number of aromatic hydroxyl groups is 1. The van der Waals surface area contributed by atoms with Crippen LogP contribution >= 0.6 is 0 Å². The van der Waals surface area contributed by atoms with Gasteiger partial charge in [0.25, 0.3) is 16.1 Å². The first kappa shape index (κ1) is 56.4. The zero-order valence-electron chi connectivity index (χ0n) is 41.2. The number of nitrogen functional groups attached to an aromatic ring is 1. The van der Waals surface area contributed by atoms with Gasteiger partial charge in [-0.05, 0) is 91.7 Å². The van der Waals surface area contributed by atoms with Crippen LogP contribution in [-0.2, 0) is 41.2 Å². The number of amides is 4. The van der Waals surface area contributed by atoms with Gasteiger partial charge in [0.1, 0.15) is 54.0 Å². The van der Waals surface area contributed by atoms with Crippen LogP contribution in [0.15, 0.2) is 48.5 Å². The fourth-order valence-corrected chi connectivity index (χ4v) is 8.21. The maximum atomic E-state index is 15.0. The minimum absolute atomic E-state index is 0.0321. The van der Waals surface area contributed by atoms with Crippen molar-refractivity contribution in [3.63, 3.8) is 0 Å². The number of aromatic nitrogens is 2. The van der Waals surface area contributed by atoms with Crippen LogP contribution in [0.1, 0.15) is 84.9 Å². The fourth-order valence-electron chi connectivity index (χ4n) is 7.80. The number of nitrogens with two attached hydrogens (primary N) is 4. The minimum Gasteiger partial charge on any atom is -0.504 e. The number of aliphatic hydroxyl groups excluding tert-OH is 1. The number of phenolic OH excluding ortho intramolecular Hbond substituents is 1. The molecule has 0 saturated heterocycles. The Bertz CT molecular complexity index is 2880. The Morgan fingerprint density at radius 1 is 1.00 bits per heavy atom. The Hall–Kier alpha value is -7.47. The van der Waals surface area contributed by atoms with Crippen LogP contribution in [0.5, 0.6) is 17.2 Å². The molecule has 73 heavy (non-hydrogen) atoms. The van der Waals surface area contributed by atoms with E-state index in [2.05, 4.69) is 36.7 Å². The van der Waals surface area contributed by atoms with Crippen LogP contribution in [-0.4, -0.2) is 132 Å². The lowest BCUT2D eigenvalue weighted by atomic mass is 9.85. The Balaban J connectivity index is 1.67. The molecule has 0 aliphatic carbocycles. The number of aryl methyl sites for hydroxylation is 1. The Morgan fingerprint density at radius 3 is 2.33 bits per heavy atom. The van der Waals surface area contributed by atoms with Gasteiger partial charge < -0.3 is 62.8 Å². The number of nitriles is 1. The predicted molar refractivity (Wildman–Crippen MR) is 267 cm³/mol. The summed E-state index contributed by atoms with van der Waals surface area (Å²) in [5.41, 5.74) is 19.1. The van der Waals surface area contributed by atoms with E-state index in [9.17, 15) is 53.0 Å². The van der Waals surface area contributed by atoms with Crippen LogP contribution in [0.2, 0.25) is 0 Å². The molecule has 392 valence electrons. The number of aliphatic hydroxyl groups is 1. The molecule has 0 saturated carbocycles. The highest BCUT2D eigenvalue weighted by Crippen LogP contribution is 2.45. The van der Waals surface area contributed by atoms with Crippen molar-refractivity contribution >= 4 is 45.6 Å². The molecule has 3 aromatic carbocycles. The van der Waals surface area contributed by atoms with E-state index in [-0.39, 0.29) is 88.2 Å². The topological polar surface area (TPSA) is 404 Å². The first-order valence-corrected chi connectivity index (χ1v) is 24.5. The summed E-state index contributed by atoms with van der Waals surface area (Å²) in [6.45, 7) is 7.80. The molecular weight excluding hydrogens is 969 g/mol. The van der Waals surface area contributed by atoms with Gasteiger partial charge in [0, 0.05) is 43.2 Å². The molecular formula is C48H62N12O12S. The number of fused-ring (bicyclic) bond motifs is 5. The largest absolute Gasteiger partial charge is 0.504 e. The number of nitrogens with one attached hydrogen (secondary N) is 4. The molecule has 24 nitrogen and oxygen atoms in total. The zero-order chi connectivity index (χ0) is 54.1. The molecule has 2 heterocycles. The number of phenols is 1. The quantitative estimate of drug-likeness (QED) is 0.0589. The average Bonchev–Trinajstić information content (AvgIpc) is 3.31. The van der Waals surface area contributed by atoms with Crippen molar-refractivity contribution in [1.29, 1.82) is 5.26 Å². The van der Waals surface area contributed by atoms with Gasteiger partial charge >= 0.3 is 5.97 Å². The number of hydrogen-bond donors (Lipinski definition) is 11. The molecule has 0 unspecified atom stereocenters. The maximum Gasteiger partial charge on any atom is 0.326 e. The number of hydrogen-bond acceptors (Lipinski definition) is 17. The summed E-state index contributed by atoms with van der Waals surface area (Å²) in [6.07, 6.45) is -1.57. The third-order valence-electron chi connectivity index (χ3n) is 11.8. The number of carboxylic acid groups (broad SMARTS) is 1. The Morgan fingerprint density at radius 2 is 1.71 bits per heavy atom. The van der Waals surface area contributed by atoms with E-state index in [1.165, 1.54) is 45.2 Å². The van der Waals surface area contributed by atoms with Crippen LogP contribution in [0, 0.1) is 18.3 Å². The van der Waals surface area contributed by atoms with Gasteiger partial charge in [-0.15, -0.1) is 0 Å². The lowest BCUT2D eigenvalue weighted by molar-refractivity contribution is -0.143. The van der Waals surface area contributed by atoms with Crippen molar-refractivity contribution in [2.24, 2.45) is 16.6 Å². The molecule has 4 amide bonds. The molecule has 5 atom stereocenters. The summed E-state index contributed by atoms with van der Waals surface area (Å²) in [5, 5.41) is 55.3. The van der Waals surface area contributed by atoms with E-state index in [1.807, 2.05) is 26.8 Å². The van der Waals surface area contributed by atoms with Crippen molar-refractivity contribution < 1.29 is 57.2 Å². The summed E-state index contributed by atoms with van der Waals surface area (Å²) in [4.78, 5) is 79.9. The number of benzene rings is 3. The van der Waals surface area contributed by atoms with Crippen molar-refractivity contribution in [2.45, 2.75) is 89.6 Å². The zero-order valence-corrected chi connectivity index (χ0v) is 42.0. The number of nitrogens with zero attached hydrogens (tertiary/aromatic N) is 4. The average molecular weight is 1030 g/mol. The molecule has 1 aromatic heterocycles. The summed E-state index contributed by atoms with van der Waals surface area (Å²) in [6, 6.07) is 8.03. The summed E-state index contributed by atoms with van der Waals surface area (Å²) in [7, 11) is -3.17. The van der Waals surface area contributed by atoms with Crippen LogP contribution in [0.3, 0.4) is 0 Å². The predicted octanol–water partition coefficient (Wildman–Crippen LogP) is 0.114. The summed E-state index contributed by atoms with van der Waals surface area (Å²) < 4.78 is 38.0. The van der Waals surface area contributed by atoms with Crippen LogP contribution in [0.25, 0.3) is 22.5 Å². The lowest BCUT2D eigenvalue weighted by Gasteiger charge is -2.33. The van der Waals surface area contributed by atoms with Crippen molar-refractivity contribution in [3.8, 4) is 45.8 Å². The first-order valence-electron chi connectivity index (χ1n) is 23.0. The van der Waals surface area contributed by atoms with Gasteiger partial charge in [-0.2, -0.15) is 13.7 Å². The number of ether oxygens (including phenoxy) is 2. The highest BCUT2D eigenvalue weighted by atomic mass is 32.2. The monoisotopic (exact) mass is 1030 g/mol. The number of likely N-dealkylation sites (N-methyl/N-ethyl adjacent to an activating group) is 1. The van der Waals surface area contributed by atoms with E-state index in [4.69, 9.17) is 31.8 Å². The van der Waals surface area contributed by atoms with Gasteiger partial charge in [-0.25, -0.2) is 24.6 Å². The SMILES string of the molecule is Cc1nc(-c2ccc(C(C)(C)C)cc2C#N)nc(N)c1C(=O)N[C@@H](CCNS(N)(=O)=O)C(=O)N(C)[C@@H]1C(=O)N[C@@H](C)C(=O)N[C@H](C(=O)O)Cc2ccc(OCCCN)c(c2)-c2cc1cc(OC[C@H](O)CN)c2O. The van der Waals surface area contributed by atoms with Crippen LogP contribution < -0.4 is 52.5 Å². The normalized spacial score (nSPS) is 16.9. The lowest BCUT2D eigenvalue weighted by Crippen LogP contribution is -2.55. The van der Waals surface area contributed by atoms with Crippen molar-refractivity contribution in [2.75, 3.05) is 45.6 Å². The maximum absolute atomic E-state index is 15.0. The number of rotatable bonds is 18. The van der Waals surface area contributed by atoms with Gasteiger partial charge in [0.2, 0.25) is 17.7 Å². The molecule has 25 heteroatoms. The highest BCUT2D eigenvalue weighted by molar-refractivity contribution is 7.87. The number of carboxylic acids is 1. The third-order valence-corrected chi connectivity index (χ3v) is 12.4. The first-order chi connectivity index (χ1) is 34.3. The number of carbonyl (C=O) groups excluding carboxylic acids is 4. The van der Waals surface area contributed by atoms with Crippen molar-refractivity contribution in [3.05, 3.63) is 82.0 Å². The standard InChI is InChI=1S/C48H62N12O12S/c1-24-38(41(52)59-42(55-24)31-10-9-29(48(3,4)5)18-28(31)21-50)44(64)57-34(12-14-54-73(53,69)70)46(66)60(6)39-27-19-33(40(62)37(20-27)72-23-30(61)22-51)32-16-26(8-11-36(32)71-15-7-13-49)17-35(47(67)68)58-43(63)25(2)56-45(39)65/h8-11,16,18-20,25,30,34-35,39,54,61-62H,7,12-15,17,22-23,49,51H2,1-6H3,(H,56,65)(H,57,64)(H,58,63)(H,67,68)(H2,52,55,59)(H2,53,69,70)/t25-,30+,34-,35-,39-/m0/s1. The molecule has 1 aliphatic rings. The smallest absolute Gasteiger partial charge is 0.326 e. The second-order valence-electron chi connectivity index (χ2n) is 18.4. The van der Waals surface area contributed by atoms with E-state index >= 15 is 0 Å². The third kappa shape index (κ3) is 14.2. The number of carbonyl (C=O) groups is 5. The minimum atomic E-state index is -4.35. The Kier molecular flexibility index (Phi) is 18.4. The van der Waals surface area contributed by atoms with Gasteiger partial charge in [0.15, 0.2) is 17.3 Å². The molecule has 0 spiro atoms. The molecule has 1 aliphatic heterocycles. The van der Waals surface area contributed by atoms with Crippen molar-refractivity contribution in [1.82, 2.24) is 35.5 Å². The Labute approximate surface area is 422 Å². The molecule has 4 bridgehead atoms. The summed E-state index contributed by atoms with van der Waals surface area (Å²) in [5.74, 6) is -6.37. The van der Waals surface area contributed by atoms with Gasteiger partial charge in [-0.1, -0.05) is 32.9 Å². The van der Waals surface area contributed by atoms with Gasteiger partial charge in [0.05, 0.1) is 23.9 Å². The van der Waals surface area contributed by atoms with E-state index in [0.29, 0.717) is 17.5 Å². The second kappa shape index (κ2) is 23.8. The molecule has 15 N–H and O–H groups in total. The summed E-state index contributed by atoms with van der Waals surface area (Å²) >= 11 is 0. The highest BCUT2D eigenvalue weighted by Gasteiger charge is 2.37. The second-order valence-corrected chi connectivity index (χ2v) is 19.8. The van der Waals surface area contributed by atoms with Crippen LogP contribution in [0.4, 0.5) is 5.82 Å².